The summed E-state index contributed by atoms with van der Waals surface area (Å²) in [6, 6.07) is 1.81. The highest BCUT2D eigenvalue weighted by atomic mass is 32.1. The Labute approximate surface area is 98.8 Å². The van der Waals surface area contributed by atoms with Crippen molar-refractivity contribution in [2.24, 2.45) is 0 Å². The number of aryl methyl sites for hydroxylation is 1. The fourth-order valence-corrected chi connectivity index (χ4v) is 2.32. The van der Waals surface area contributed by atoms with Crippen molar-refractivity contribution in [1.82, 2.24) is 0 Å². The van der Waals surface area contributed by atoms with E-state index in [1.165, 1.54) is 11.3 Å². The second-order valence-electron chi connectivity index (χ2n) is 3.30. The van der Waals surface area contributed by atoms with Gasteiger partial charge in [0.1, 0.15) is 12.4 Å². The van der Waals surface area contributed by atoms with Gasteiger partial charge >= 0.3 is 5.97 Å². The molecule has 1 aromatic heterocycles. The molecule has 4 nitrogen and oxygen atoms in total. The van der Waals surface area contributed by atoms with E-state index in [2.05, 4.69) is 6.92 Å². The van der Waals surface area contributed by atoms with Crippen LogP contribution in [0.1, 0.15) is 27.9 Å². The molecular weight excluding hydrogens is 228 g/mol. The largest absolute Gasteiger partial charge is 0.489 e. The molecule has 1 heterocycles. The van der Waals surface area contributed by atoms with E-state index >= 15 is 0 Å². The van der Waals surface area contributed by atoms with Gasteiger partial charge in [-0.1, -0.05) is 13.3 Å². The molecule has 5 heteroatoms. The predicted molar refractivity (Wildman–Crippen MR) is 62.6 cm³/mol. The van der Waals surface area contributed by atoms with E-state index in [1.54, 1.807) is 7.11 Å². The maximum atomic E-state index is 11.0. The van der Waals surface area contributed by atoms with Crippen LogP contribution in [0.15, 0.2) is 6.07 Å². The Kier molecular flexibility index (Phi) is 5.28. The summed E-state index contributed by atoms with van der Waals surface area (Å²) in [6.45, 7) is 2.89. The van der Waals surface area contributed by atoms with Crippen LogP contribution in [0.5, 0.6) is 5.75 Å². The highest BCUT2D eigenvalue weighted by Gasteiger charge is 2.16. The lowest BCUT2D eigenvalue weighted by molar-refractivity contribution is 0.0695. The molecule has 0 aromatic carbocycles. The molecule has 0 unspecified atom stereocenters. The molecule has 0 fully saturated rings. The van der Waals surface area contributed by atoms with Crippen LogP contribution in [0.2, 0.25) is 0 Å². The minimum Gasteiger partial charge on any atom is -0.489 e. The maximum absolute atomic E-state index is 11.0. The van der Waals surface area contributed by atoms with Gasteiger partial charge in [-0.05, 0) is 12.5 Å². The normalized spacial score (nSPS) is 10.4. The lowest BCUT2D eigenvalue weighted by Crippen LogP contribution is -2.06. The van der Waals surface area contributed by atoms with Crippen molar-refractivity contribution >= 4 is 17.3 Å². The Balaban J connectivity index is 2.74. The standard InChI is InChI=1S/C11H16O4S/c1-3-4-8-7-9(15-6-5-14-2)10(16-8)11(12)13/h7H,3-6H2,1-2H3,(H,12,13). The van der Waals surface area contributed by atoms with Crippen LogP contribution in [-0.4, -0.2) is 31.4 Å². The average molecular weight is 244 g/mol. The molecule has 0 spiro atoms. The highest BCUT2D eigenvalue weighted by molar-refractivity contribution is 7.14. The first-order valence-electron chi connectivity index (χ1n) is 5.16. The monoisotopic (exact) mass is 244 g/mol. The first kappa shape index (κ1) is 13.0. The van der Waals surface area contributed by atoms with Crippen molar-refractivity contribution in [3.05, 3.63) is 15.8 Å². The molecule has 0 atom stereocenters. The second kappa shape index (κ2) is 6.50. The molecule has 0 aliphatic heterocycles. The van der Waals surface area contributed by atoms with E-state index < -0.39 is 5.97 Å². The van der Waals surface area contributed by atoms with Crippen molar-refractivity contribution in [1.29, 1.82) is 0 Å². The molecule has 0 aliphatic rings. The van der Waals surface area contributed by atoms with Crippen LogP contribution < -0.4 is 4.74 Å². The summed E-state index contributed by atoms with van der Waals surface area (Å²) in [5, 5.41) is 9.00. The first-order chi connectivity index (χ1) is 7.69. The number of rotatable bonds is 7. The Bertz CT molecular complexity index is 346. The lowest BCUT2D eigenvalue weighted by atomic mass is 10.3. The highest BCUT2D eigenvalue weighted by Crippen LogP contribution is 2.30. The van der Waals surface area contributed by atoms with Gasteiger partial charge < -0.3 is 14.6 Å². The van der Waals surface area contributed by atoms with Gasteiger partial charge in [0.05, 0.1) is 6.61 Å². The quantitative estimate of drug-likeness (QED) is 0.748. The number of carbonyl (C=O) groups is 1. The van der Waals surface area contributed by atoms with Crippen molar-refractivity contribution in [3.8, 4) is 5.75 Å². The Morgan fingerprint density at radius 3 is 2.81 bits per heavy atom. The molecule has 1 rings (SSSR count). The summed E-state index contributed by atoms with van der Waals surface area (Å²) in [4.78, 5) is 12.3. The third kappa shape index (κ3) is 3.50. The number of methoxy groups -OCH3 is 1. The number of aromatic carboxylic acids is 1. The molecule has 90 valence electrons. The summed E-state index contributed by atoms with van der Waals surface area (Å²) >= 11 is 1.28. The maximum Gasteiger partial charge on any atom is 0.349 e. The number of carboxylic acids is 1. The molecule has 0 saturated heterocycles. The Hall–Kier alpha value is -1.07. The van der Waals surface area contributed by atoms with Crippen molar-refractivity contribution < 1.29 is 19.4 Å². The van der Waals surface area contributed by atoms with E-state index in [0.29, 0.717) is 19.0 Å². The van der Waals surface area contributed by atoms with Gasteiger partial charge in [-0.3, -0.25) is 0 Å². The zero-order valence-electron chi connectivity index (χ0n) is 9.49. The molecule has 0 aliphatic carbocycles. The number of hydrogen-bond donors (Lipinski definition) is 1. The molecule has 0 amide bonds. The molecule has 1 N–H and O–H groups in total. The molecule has 0 saturated carbocycles. The van der Waals surface area contributed by atoms with Crippen LogP contribution in [0.3, 0.4) is 0 Å². The smallest absolute Gasteiger partial charge is 0.349 e. The molecule has 0 radical (unpaired) electrons. The fraction of sp³-hybridized carbons (Fsp3) is 0.545. The van der Waals surface area contributed by atoms with Gasteiger partial charge in [0.25, 0.3) is 0 Å². The summed E-state index contributed by atoms with van der Waals surface area (Å²) in [7, 11) is 1.58. The minimum absolute atomic E-state index is 0.277. The van der Waals surface area contributed by atoms with Gasteiger partial charge in [-0.15, -0.1) is 11.3 Å². The van der Waals surface area contributed by atoms with Crippen LogP contribution >= 0.6 is 11.3 Å². The summed E-state index contributed by atoms with van der Waals surface area (Å²) in [5.41, 5.74) is 0. The summed E-state index contributed by atoms with van der Waals surface area (Å²) < 4.78 is 10.2. The second-order valence-corrected chi connectivity index (χ2v) is 4.44. The molecule has 16 heavy (non-hydrogen) atoms. The van der Waals surface area contributed by atoms with Crippen LogP contribution in [-0.2, 0) is 11.2 Å². The van der Waals surface area contributed by atoms with Crippen LogP contribution in [0.4, 0.5) is 0 Å². The van der Waals surface area contributed by atoms with E-state index in [0.717, 1.165) is 17.7 Å². The van der Waals surface area contributed by atoms with Gasteiger partial charge in [0.15, 0.2) is 4.88 Å². The van der Waals surface area contributed by atoms with E-state index in [-0.39, 0.29) is 4.88 Å². The number of thiophene rings is 1. The zero-order chi connectivity index (χ0) is 12.0. The van der Waals surface area contributed by atoms with Crippen molar-refractivity contribution in [2.75, 3.05) is 20.3 Å². The van der Waals surface area contributed by atoms with Crippen molar-refractivity contribution in [2.45, 2.75) is 19.8 Å². The van der Waals surface area contributed by atoms with Gasteiger partial charge in [0.2, 0.25) is 0 Å². The third-order valence-corrected chi connectivity index (χ3v) is 3.15. The Morgan fingerprint density at radius 1 is 1.50 bits per heavy atom. The predicted octanol–water partition coefficient (Wildman–Crippen LogP) is 2.42. The minimum atomic E-state index is -0.931. The topological polar surface area (TPSA) is 55.8 Å². The Morgan fingerprint density at radius 2 is 2.25 bits per heavy atom. The number of ether oxygens (including phenoxy) is 2. The van der Waals surface area contributed by atoms with Crippen LogP contribution in [0, 0.1) is 0 Å². The van der Waals surface area contributed by atoms with E-state index in [4.69, 9.17) is 14.6 Å². The molecule has 1 aromatic rings. The van der Waals surface area contributed by atoms with E-state index in [1.807, 2.05) is 6.07 Å². The van der Waals surface area contributed by atoms with Crippen molar-refractivity contribution in [3.63, 3.8) is 0 Å². The fourth-order valence-electron chi connectivity index (χ4n) is 1.28. The first-order valence-corrected chi connectivity index (χ1v) is 5.98. The van der Waals surface area contributed by atoms with Gasteiger partial charge in [0, 0.05) is 12.0 Å². The SMILES string of the molecule is CCCc1cc(OCCOC)c(C(=O)O)s1. The molecular formula is C11H16O4S. The van der Waals surface area contributed by atoms with Crippen LogP contribution in [0.25, 0.3) is 0 Å². The third-order valence-electron chi connectivity index (χ3n) is 1.98. The number of carboxylic acid groups (broad SMARTS) is 1. The van der Waals surface area contributed by atoms with E-state index in [9.17, 15) is 4.79 Å². The average Bonchev–Trinajstić information content (AvgIpc) is 2.62. The molecule has 0 bridgehead atoms. The summed E-state index contributed by atoms with van der Waals surface area (Å²) in [6.07, 6.45) is 1.88. The number of hydrogen-bond acceptors (Lipinski definition) is 4. The van der Waals surface area contributed by atoms with Gasteiger partial charge in [-0.25, -0.2) is 4.79 Å². The summed E-state index contributed by atoms with van der Waals surface area (Å²) in [5.74, 6) is -0.474. The lowest BCUT2D eigenvalue weighted by Gasteiger charge is -2.03. The van der Waals surface area contributed by atoms with Gasteiger partial charge in [-0.2, -0.15) is 0 Å². The zero-order valence-corrected chi connectivity index (χ0v) is 10.3.